The fraction of sp³-hybridized carbons (Fsp3) is 0.824. The number of carbonyl (C=O) groups excluding carboxylic acids is 1. The van der Waals surface area contributed by atoms with Gasteiger partial charge in [-0.1, -0.05) is 5.21 Å². The third kappa shape index (κ3) is 3.70. The van der Waals surface area contributed by atoms with Crippen LogP contribution in [-0.2, 0) is 17.9 Å². The lowest BCUT2D eigenvalue weighted by Crippen LogP contribution is -2.40. The molecule has 8 nitrogen and oxygen atoms in total. The van der Waals surface area contributed by atoms with E-state index in [1.54, 1.807) is 10.9 Å². The van der Waals surface area contributed by atoms with Crippen LogP contribution in [0.25, 0.3) is 0 Å². The lowest BCUT2D eigenvalue weighted by Gasteiger charge is -2.32. The van der Waals surface area contributed by atoms with E-state index in [2.05, 4.69) is 26.1 Å². The average molecular weight is 348 g/mol. The van der Waals surface area contributed by atoms with Crippen molar-refractivity contribution in [2.24, 2.45) is 11.8 Å². The molecule has 4 atom stereocenters. The zero-order valence-electron chi connectivity index (χ0n) is 14.6. The van der Waals surface area contributed by atoms with Gasteiger partial charge in [0.25, 0.3) is 0 Å². The number of hydrogen-bond donors (Lipinski definition) is 3. The van der Waals surface area contributed by atoms with Crippen molar-refractivity contribution in [2.45, 2.75) is 63.8 Å². The van der Waals surface area contributed by atoms with Gasteiger partial charge in [-0.15, -0.1) is 5.10 Å². The summed E-state index contributed by atoms with van der Waals surface area (Å²) < 4.78 is 1.75. The highest BCUT2D eigenvalue weighted by Crippen LogP contribution is 2.34. The summed E-state index contributed by atoms with van der Waals surface area (Å²) in [5.41, 5.74) is 7.18. The quantitative estimate of drug-likeness (QED) is 0.696. The standard InChI is InChI=1S/C17H28N6O2/c24-11-14-9-22(21-19-14)10-15-2-1-5-23(15)17(25)7-12-3-4-16-13(6-12)8-18-20-16/h9,12-13,15-16,18,20,24H,1-8,10-11H2/t12?,13?,15-,16?/m0/s1. The highest BCUT2D eigenvalue weighted by molar-refractivity contribution is 5.77. The summed E-state index contributed by atoms with van der Waals surface area (Å²) in [5.74, 6) is 1.49. The molecule has 2 saturated heterocycles. The van der Waals surface area contributed by atoms with E-state index in [0.717, 1.165) is 38.8 Å². The van der Waals surface area contributed by atoms with E-state index < -0.39 is 0 Å². The van der Waals surface area contributed by atoms with Crippen LogP contribution in [0, 0.1) is 11.8 Å². The number of rotatable bonds is 5. The predicted molar refractivity (Wildman–Crippen MR) is 91.1 cm³/mol. The first-order valence-electron chi connectivity index (χ1n) is 9.50. The molecule has 1 amide bonds. The Bertz CT molecular complexity index is 606. The van der Waals surface area contributed by atoms with E-state index in [1.165, 1.54) is 6.42 Å². The first-order valence-corrected chi connectivity index (χ1v) is 9.50. The number of aliphatic hydroxyl groups is 1. The van der Waals surface area contributed by atoms with Gasteiger partial charge in [-0.3, -0.25) is 20.3 Å². The van der Waals surface area contributed by atoms with Crippen molar-refractivity contribution in [3.05, 3.63) is 11.9 Å². The number of amides is 1. The second-order valence-corrected chi connectivity index (χ2v) is 7.75. The van der Waals surface area contributed by atoms with Crippen LogP contribution in [0.1, 0.15) is 44.2 Å². The molecule has 3 unspecified atom stereocenters. The number of hydrogen-bond acceptors (Lipinski definition) is 6. The summed E-state index contributed by atoms with van der Waals surface area (Å²) in [4.78, 5) is 14.9. The summed E-state index contributed by atoms with van der Waals surface area (Å²) in [5, 5.41) is 17.1. The molecule has 4 rings (SSSR count). The first-order chi connectivity index (χ1) is 12.2. The molecule has 2 aliphatic heterocycles. The summed E-state index contributed by atoms with van der Waals surface area (Å²) in [6.45, 7) is 2.46. The topological polar surface area (TPSA) is 95.3 Å². The highest BCUT2D eigenvalue weighted by Gasteiger charge is 2.36. The van der Waals surface area contributed by atoms with Crippen LogP contribution in [0.2, 0.25) is 0 Å². The third-order valence-electron chi connectivity index (χ3n) is 6.05. The Morgan fingerprint density at radius 1 is 1.36 bits per heavy atom. The summed E-state index contributed by atoms with van der Waals surface area (Å²) in [6, 6.07) is 0.797. The number of aromatic nitrogens is 3. The van der Waals surface area contributed by atoms with Crippen molar-refractivity contribution >= 4 is 5.91 Å². The molecule has 3 N–H and O–H groups in total. The van der Waals surface area contributed by atoms with Gasteiger partial charge in [0.15, 0.2) is 0 Å². The van der Waals surface area contributed by atoms with Crippen LogP contribution in [0.5, 0.6) is 0 Å². The zero-order valence-corrected chi connectivity index (χ0v) is 14.6. The normalized spacial score (nSPS) is 32.1. The molecule has 1 aliphatic carbocycles. The Morgan fingerprint density at radius 2 is 2.28 bits per heavy atom. The molecule has 3 heterocycles. The van der Waals surface area contributed by atoms with E-state index in [1.807, 2.05) is 0 Å². The van der Waals surface area contributed by atoms with Crippen molar-refractivity contribution in [3.63, 3.8) is 0 Å². The lowest BCUT2D eigenvalue weighted by molar-refractivity contribution is -0.133. The van der Waals surface area contributed by atoms with E-state index in [9.17, 15) is 4.79 Å². The number of hydrazine groups is 1. The smallest absolute Gasteiger partial charge is 0.223 e. The maximum Gasteiger partial charge on any atom is 0.223 e. The summed E-state index contributed by atoms with van der Waals surface area (Å²) in [6.07, 6.45) is 7.98. The van der Waals surface area contributed by atoms with Gasteiger partial charge >= 0.3 is 0 Å². The van der Waals surface area contributed by atoms with Crippen molar-refractivity contribution in [3.8, 4) is 0 Å². The predicted octanol–water partition coefficient (Wildman–Crippen LogP) is 0.0442. The maximum absolute atomic E-state index is 12.9. The SMILES string of the molecule is O=C(CC1CCC2NNCC2C1)N1CCC[C@H]1Cn1cc(CO)nn1. The molecule has 1 saturated carbocycles. The Balaban J connectivity index is 1.32. The van der Waals surface area contributed by atoms with Crippen LogP contribution < -0.4 is 10.9 Å². The van der Waals surface area contributed by atoms with Crippen LogP contribution in [0.4, 0.5) is 0 Å². The number of likely N-dealkylation sites (tertiary alicyclic amines) is 1. The highest BCUT2D eigenvalue weighted by atomic mass is 16.3. The minimum Gasteiger partial charge on any atom is -0.390 e. The number of nitrogens with zero attached hydrogens (tertiary/aromatic N) is 4. The zero-order chi connectivity index (χ0) is 17.2. The Morgan fingerprint density at radius 3 is 3.12 bits per heavy atom. The van der Waals surface area contributed by atoms with Gasteiger partial charge in [0, 0.05) is 25.6 Å². The lowest BCUT2D eigenvalue weighted by atomic mass is 9.77. The van der Waals surface area contributed by atoms with E-state index in [0.29, 0.717) is 42.4 Å². The third-order valence-corrected chi connectivity index (χ3v) is 6.05. The number of fused-ring (bicyclic) bond motifs is 1. The van der Waals surface area contributed by atoms with Crippen LogP contribution in [0.3, 0.4) is 0 Å². The van der Waals surface area contributed by atoms with Gasteiger partial charge < -0.3 is 10.0 Å². The maximum atomic E-state index is 12.9. The molecular weight excluding hydrogens is 320 g/mol. The molecule has 3 fully saturated rings. The molecule has 0 aromatic carbocycles. The Labute approximate surface area is 147 Å². The van der Waals surface area contributed by atoms with Crippen molar-refractivity contribution in [1.29, 1.82) is 0 Å². The molecule has 0 bridgehead atoms. The van der Waals surface area contributed by atoms with Crippen LogP contribution in [0.15, 0.2) is 6.20 Å². The first kappa shape index (κ1) is 16.9. The Hall–Kier alpha value is -1.51. The van der Waals surface area contributed by atoms with Gasteiger partial charge in [0.2, 0.25) is 5.91 Å². The molecule has 138 valence electrons. The molecule has 0 radical (unpaired) electrons. The number of carbonyl (C=O) groups is 1. The minimum atomic E-state index is -0.0964. The van der Waals surface area contributed by atoms with Gasteiger partial charge in [-0.05, 0) is 43.9 Å². The fourth-order valence-corrected chi connectivity index (χ4v) is 4.72. The van der Waals surface area contributed by atoms with Crippen molar-refractivity contribution in [2.75, 3.05) is 13.1 Å². The molecule has 25 heavy (non-hydrogen) atoms. The van der Waals surface area contributed by atoms with Gasteiger partial charge in [0.1, 0.15) is 5.69 Å². The fourth-order valence-electron chi connectivity index (χ4n) is 4.72. The molecular formula is C17H28N6O2. The van der Waals surface area contributed by atoms with Crippen LogP contribution in [-0.4, -0.2) is 56.1 Å². The molecule has 1 aromatic rings. The average Bonchev–Trinajstić information content (AvgIpc) is 3.35. The molecule has 0 spiro atoms. The van der Waals surface area contributed by atoms with Gasteiger partial charge in [-0.2, -0.15) is 0 Å². The monoisotopic (exact) mass is 348 g/mol. The van der Waals surface area contributed by atoms with E-state index in [4.69, 9.17) is 5.11 Å². The Kier molecular flexibility index (Phi) is 5.00. The second kappa shape index (κ2) is 7.39. The molecule has 8 heteroatoms. The van der Waals surface area contributed by atoms with Gasteiger partial charge in [0.05, 0.1) is 25.4 Å². The van der Waals surface area contributed by atoms with Gasteiger partial charge in [-0.25, -0.2) is 0 Å². The summed E-state index contributed by atoms with van der Waals surface area (Å²) in [7, 11) is 0. The van der Waals surface area contributed by atoms with Crippen molar-refractivity contribution in [1.82, 2.24) is 30.7 Å². The second-order valence-electron chi connectivity index (χ2n) is 7.75. The van der Waals surface area contributed by atoms with E-state index in [-0.39, 0.29) is 12.6 Å². The van der Waals surface area contributed by atoms with E-state index >= 15 is 0 Å². The molecule has 1 aromatic heterocycles. The largest absolute Gasteiger partial charge is 0.390 e. The number of aliphatic hydroxyl groups excluding tert-OH is 1. The minimum absolute atomic E-state index is 0.0964. The summed E-state index contributed by atoms with van der Waals surface area (Å²) >= 11 is 0. The van der Waals surface area contributed by atoms with Crippen molar-refractivity contribution < 1.29 is 9.90 Å². The number of nitrogens with one attached hydrogen (secondary N) is 2. The van der Waals surface area contributed by atoms with Crippen LogP contribution >= 0.6 is 0 Å². The molecule has 3 aliphatic rings.